The molecule has 1 saturated heterocycles. The van der Waals surface area contributed by atoms with Gasteiger partial charge in [0.05, 0.1) is 5.92 Å². The van der Waals surface area contributed by atoms with Gasteiger partial charge in [-0.05, 0) is 25.3 Å². The average Bonchev–Trinajstić information content (AvgIpc) is 2.55. The van der Waals surface area contributed by atoms with E-state index in [0.717, 1.165) is 13.1 Å². The number of amides is 1. The largest absolute Gasteiger partial charge is 0.299 e. The van der Waals surface area contributed by atoms with Gasteiger partial charge < -0.3 is 0 Å². The average molecular weight is 213 g/mol. The van der Waals surface area contributed by atoms with Crippen molar-refractivity contribution < 1.29 is 4.79 Å². The van der Waals surface area contributed by atoms with E-state index in [9.17, 15) is 4.79 Å². The van der Waals surface area contributed by atoms with E-state index in [4.69, 9.17) is 5.84 Å². The second-order valence-electron chi connectivity index (χ2n) is 5.42. The Balaban J connectivity index is 2.55. The van der Waals surface area contributed by atoms with Crippen molar-refractivity contribution in [3.05, 3.63) is 0 Å². The van der Waals surface area contributed by atoms with Gasteiger partial charge in [0.15, 0.2) is 0 Å². The van der Waals surface area contributed by atoms with Crippen molar-refractivity contribution in [3.8, 4) is 0 Å². The third-order valence-corrected chi connectivity index (χ3v) is 3.56. The molecule has 0 spiro atoms. The van der Waals surface area contributed by atoms with Crippen molar-refractivity contribution in [1.82, 2.24) is 10.3 Å². The number of carbonyl (C=O) groups excluding carboxylic acids is 1. The molecule has 0 aromatic carbocycles. The molecule has 0 aromatic heterocycles. The summed E-state index contributed by atoms with van der Waals surface area (Å²) in [5.41, 5.74) is 2.61. The second-order valence-corrected chi connectivity index (χ2v) is 5.42. The predicted octanol–water partition coefficient (Wildman–Crippen LogP) is 0.733. The van der Waals surface area contributed by atoms with Crippen LogP contribution in [0.15, 0.2) is 0 Å². The minimum Gasteiger partial charge on any atom is -0.299 e. The van der Waals surface area contributed by atoms with Gasteiger partial charge in [0, 0.05) is 12.6 Å². The number of hydrogen-bond acceptors (Lipinski definition) is 3. The molecule has 1 aliphatic rings. The topological polar surface area (TPSA) is 58.4 Å². The van der Waals surface area contributed by atoms with Crippen LogP contribution in [0.5, 0.6) is 0 Å². The Kier molecular flexibility index (Phi) is 3.73. The lowest BCUT2D eigenvalue weighted by atomic mass is 9.93. The lowest BCUT2D eigenvalue weighted by molar-refractivity contribution is -0.126. The van der Waals surface area contributed by atoms with Crippen LogP contribution in [0.2, 0.25) is 0 Å². The maximum Gasteiger partial charge on any atom is 0.238 e. The number of hydrazine groups is 1. The highest BCUT2D eigenvalue weighted by Gasteiger charge is 2.34. The molecule has 0 radical (unpaired) electrons. The van der Waals surface area contributed by atoms with Crippen molar-refractivity contribution in [2.24, 2.45) is 17.2 Å². The molecule has 15 heavy (non-hydrogen) atoms. The molecule has 2 atom stereocenters. The lowest BCUT2D eigenvalue weighted by Crippen LogP contribution is -2.45. The summed E-state index contributed by atoms with van der Waals surface area (Å²) in [5.74, 6) is 5.02. The Labute approximate surface area is 92.2 Å². The Morgan fingerprint density at radius 1 is 1.47 bits per heavy atom. The first kappa shape index (κ1) is 12.5. The summed E-state index contributed by atoms with van der Waals surface area (Å²) in [5, 5.41) is 0. The number of rotatable bonds is 3. The fourth-order valence-corrected chi connectivity index (χ4v) is 2.17. The van der Waals surface area contributed by atoms with Crippen LogP contribution >= 0.6 is 0 Å². The zero-order valence-electron chi connectivity index (χ0n) is 10.2. The molecule has 0 bridgehead atoms. The van der Waals surface area contributed by atoms with Gasteiger partial charge in [-0.1, -0.05) is 20.8 Å². The number of nitrogens with one attached hydrogen (secondary N) is 1. The van der Waals surface area contributed by atoms with Gasteiger partial charge in [-0.2, -0.15) is 0 Å². The SMILES string of the molecule is CC(C(=O)NN)C(C)N1CCC(C)(C)C1. The van der Waals surface area contributed by atoms with E-state index in [1.165, 1.54) is 6.42 Å². The monoisotopic (exact) mass is 213 g/mol. The predicted molar refractivity (Wildman–Crippen MR) is 60.9 cm³/mol. The van der Waals surface area contributed by atoms with E-state index >= 15 is 0 Å². The van der Waals surface area contributed by atoms with Crippen molar-refractivity contribution in [2.45, 2.75) is 40.2 Å². The molecule has 0 saturated carbocycles. The molecule has 1 aliphatic heterocycles. The van der Waals surface area contributed by atoms with Gasteiger partial charge in [-0.25, -0.2) is 5.84 Å². The summed E-state index contributed by atoms with van der Waals surface area (Å²) in [4.78, 5) is 13.8. The summed E-state index contributed by atoms with van der Waals surface area (Å²) in [7, 11) is 0. The molecule has 1 fully saturated rings. The first-order chi connectivity index (χ1) is 6.87. The van der Waals surface area contributed by atoms with Gasteiger partial charge in [-0.3, -0.25) is 15.1 Å². The maximum atomic E-state index is 11.4. The van der Waals surface area contributed by atoms with Gasteiger partial charge in [0.25, 0.3) is 0 Å². The molecule has 3 N–H and O–H groups in total. The van der Waals surface area contributed by atoms with Gasteiger partial charge in [0.2, 0.25) is 5.91 Å². The third-order valence-electron chi connectivity index (χ3n) is 3.56. The highest BCUT2D eigenvalue weighted by Crippen LogP contribution is 2.31. The molecule has 88 valence electrons. The number of likely N-dealkylation sites (tertiary alicyclic amines) is 1. The van der Waals surface area contributed by atoms with Crippen LogP contribution in [-0.2, 0) is 4.79 Å². The first-order valence-corrected chi connectivity index (χ1v) is 5.62. The molecule has 0 aromatic rings. The Morgan fingerprint density at radius 3 is 2.47 bits per heavy atom. The molecular weight excluding hydrogens is 190 g/mol. The van der Waals surface area contributed by atoms with E-state index in [1.807, 2.05) is 6.92 Å². The van der Waals surface area contributed by atoms with Crippen LogP contribution in [0.4, 0.5) is 0 Å². The Hall–Kier alpha value is -0.610. The summed E-state index contributed by atoms with van der Waals surface area (Å²) in [6.07, 6.45) is 1.20. The van der Waals surface area contributed by atoms with E-state index in [0.29, 0.717) is 5.41 Å². The lowest BCUT2D eigenvalue weighted by Gasteiger charge is -2.29. The van der Waals surface area contributed by atoms with Crippen molar-refractivity contribution in [3.63, 3.8) is 0 Å². The fourth-order valence-electron chi connectivity index (χ4n) is 2.17. The van der Waals surface area contributed by atoms with Crippen LogP contribution in [-0.4, -0.2) is 29.9 Å². The number of carbonyl (C=O) groups is 1. The van der Waals surface area contributed by atoms with Crippen molar-refractivity contribution >= 4 is 5.91 Å². The quantitative estimate of drug-likeness (QED) is 0.413. The molecule has 4 heteroatoms. The molecule has 2 unspecified atom stereocenters. The van der Waals surface area contributed by atoms with Crippen LogP contribution in [0.1, 0.15) is 34.1 Å². The van der Waals surface area contributed by atoms with Crippen LogP contribution in [0.25, 0.3) is 0 Å². The second kappa shape index (κ2) is 4.49. The zero-order chi connectivity index (χ0) is 11.6. The first-order valence-electron chi connectivity index (χ1n) is 5.62. The zero-order valence-corrected chi connectivity index (χ0v) is 10.2. The molecule has 4 nitrogen and oxygen atoms in total. The van der Waals surface area contributed by atoms with E-state index in [1.54, 1.807) is 0 Å². The molecule has 1 heterocycles. The minimum absolute atomic E-state index is 0.0519. The number of hydrogen-bond donors (Lipinski definition) is 2. The molecule has 1 amide bonds. The normalized spacial score (nSPS) is 24.9. The van der Waals surface area contributed by atoms with E-state index < -0.39 is 0 Å². The van der Waals surface area contributed by atoms with Gasteiger partial charge in [-0.15, -0.1) is 0 Å². The van der Waals surface area contributed by atoms with E-state index in [-0.39, 0.29) is 17.9 Å². The maximum absolute atomic E-state index is 11.4. The van der Waals surface area contributed by atoms with Crippen molar-refractivity contribution in [2.75, 3.05) is 13.1 Å². The highest BCUT2D eigenvalue weighted by molar-refractivity contribution is 5.78. The fraction of sp³-hybridized carbons (Fsp3) is 0.909. The van der Waals surface area contributed by atoms with Crippen LogP contribution in [0, 0.1) is 11.3 Å². The van der Waals surface area contributed by atoms with Gasteiger partial charge in [0.1, 0.15) is 0 Å². The summed E-state index contributed by atoms with van der Waals surface area (Å²) in [6, 6.07) is 0.260. The molecule has 0 aliphatic carbocycles. The summed E-state index contributed by atoms with van der Waals surface area (Å²) >= 11 is 0. The summed E-state index contributed by atoms with van der Waals surface area (Å²) < 4.78 is 0. The van der Waals surface area contributed by atoms with Crippen LogP contribution in [0.3, 0.4) is 0 Å². The van der Waals surface area contributed by atoms with Crippen LogP contribution < -0.4 is 11.3 Å². The Morgan fingerprint density at radius 2 is 2.07 bits per heavy atom. The third kappa shape index (κ3) is 2.92. The molecular formula is C11H23N3O. The van der Waals surface area contributed by atoms with Gasteiger partial charge >= 0.3 is 0 Å². The number of nitrogens with zero attached hydrogens (tertiary/aromatic N) is 1. The Bertz CT molecular complexity index is 240. The standard InChI is InChI=1S/C11H23N3O/c1-8(10(15)13-12)9(2)14-6-5-11(3,4)7-14/h8-9H,5-7,12H2,1-4H3,(H,13,15). The minimum atomic E-state index is -0.0767. The smallest absolute Gasteiger partial charge is 0.238 e. The van der Waals surface area contributed by atoms with Crippen molar-refractivity contribution in [1.29, 1.82) is 0 Å². The van der Waals surface area contributed by atoms with E-state index in [2.05, 4.69) is 31.1 Å². The summed E-state index contributed by atoms with van der Waals surface area (Å²) in [6.45, 7) is 10.7. The molecule has 1 rings (SSSR count). The highest BCUT2D eigenvalue weighted by atomic mass is 16.2. The number of nitrogens with two attached hydrogens (primary N) is 1.